The predicted molar refractivity (Wildman–Crippen MR) is 165 cm³/mol. The number of aryl methyl sites for hydroxylation is 2. The van der Waals surface area contributed by atoms with Gasteiger partial charge in [0.1, 0.15) is 0 Å². The molecule has 0 bridgehead atoms. The number of thioether (sulfide) groups is 1. The number of rotatable bonds is 11. The third-order valence-electron chi connectivity index (χ3n) is 6.65. The number of anilines is 1. The molecule has 3 N–H and O–H groups in total. The first-order chi connectivity index (χ1) is 19.9. The average molecular weight is 631 g/mol. The van der Waals surface area contributed by atoms with Gasteiger partial charge in [0.25, 0.3) is 5.56 Å². The van der Waals surface area contributed by atoms with Crippen LogP contribution < -0.4 is 25.5 Å². The van der Waals surface area contributed by atoms with Crippen LogP contribution in [0.2, 0.25) is 5.02 Å². The van der Waals surface area contributed by atoms with E-state index < -0.39 is 15.3 Å². The van der Waals surface area contributed by atoms with E-state index in [1.807, 2.05) is 19.9 Å². The number of nitrogens with zero attached hydrogens (tertiary/aromatic N) is 2. The van der Waals surface area contributed by atoms with Crippen LogP contribution >= 0.6 is 23.4 Å². The molecular formula is C29H31ClN4O6S2. The van der Waals surface area contributed by atoms with Crippen LogP contribution in [0.15, 0.2) is 69.4 Å². The minimum atomic E-state index is -3.82. The lowest BCUT2D eigenvalue weighted by atomic mass is 10.1. The van der Waals surface area contributed by atoms with Crippen LogP contribution in [0.3, 0.4) is 0 Å². The molecule has 0 unspecified atom stereocenters. The molecule has 0 fully saturated rings. The van der Waals surface area contributed by atoms with Crippen LogP contribution in [0.4, 0.5) is 5.69 Å². The first-order valence-corrected chi connectivity index (χ1v) is 15.8. The minimum Gasteiger partial charge on any atom is -0.493 e. The molecule has 0 spiro atoms. The lowest BCUT2D eigenvalue weighted by molar-refractivity contribution is -0.115. The maximum absolute atomic E-state index is 13.8. The predicted octanol–water partition coefficient (Wildman–Crippen LogP) is 4.78. The Balaban J connectivity index is 1.71. The fraction of sp³-hybridized carbons (Fsp3) is 0.276. The summed E-state index contributed by atoms with van der Waals surface area (Å²) in [6.45, 7) is 3.98. The van der Waals surface area contributed by atoms with Crippen molar-refractivity contribution in [1.29, 1.82) is 0 Å². The molecule has 1 heterocycles. The number of primary sulfonamides is 1. The monoisotopic (exact) mass is 630 g/mol. The van der Waals surface area contributed by atoms with Gasteiger partial charge in [0, 0.05) is 23.3 Å². The number of halogens is 1. The first-order valence-electron chi connectivity index (χ1n) is 13.0. The van der Waals surface area contributed by atoms with Crippen molar-refractivity contribution in [2.24, 2.45) is 5.14 Å². The van der Waals surface area contributed by atoms with Crippen LogP contribution in [0.1, 0.15) is 24.5 Å². The number of methoxy groups -OCH3 is 2. The zero-order valence-corrected chi connectivity index (χ0v) is 25.9. The first kappa shape index (κ1) is 31.4. The van der Waals surface area contributed by atoms with Gasteiger partial charge in [-0.15, -0.1) is 0 Å². The molecule has 0 saturated carbocycles. The second-order valence-electron chi connectivity index (χ2n) is 9.48. The Morgan fingerprint density at radius 2 is 1.76 bits per heavy atom. The van der Waals surface area contributed by atoms with Crippen LogP contribution in [-0.2, 0) is 27.8 Å². The summed E-state index contributed by atoms with van der Waals surface area (Å²) >= 11 is 7.42. The SMILES string of the molecule is CC[C@H](Sc1nc2cc(OC)c(OC)cc2c(=O)n1CCc1ccc(S(N)(=O)=O)cc1)C(=O)Nc1ccc(C)c(Cl)c1. The van der Waals surface area contributed by atoms with E-state index >= 15 is 0 Å². The second kappa shape index (κ2) is 13.2. The number of nitrogens with one attached hydrogen (secondary N) is 1. The van der Waals surface area contributed by atoms with E-state index in [0.717, 1.165) is 11.1 Å². The fourth-order valence-electron chi connectivity index (χ4n) is 4.24. The molecule has 4 aromatic rings. The molecule has 13 heteroatoms. The normalized spacial score (nSPS) is 12.2. The molecule has 0 aliphatic carbocycles. The number of amides is 1. The van der Waals surface area contributed by atoms with Crippen LogP contribution in [0.5, 0.6) is 11.5 Å². The molecule has 10 nitrogen and oxygen atoms in total. The molecule has 0 radical (unpaired) electrons. The molecule has 42 heavy (non-hydrogen) atoms. The zero-order chi connectivity index (χ0) is 30.6. The summed E-state index contributed by atoms with van der Waals surface area (Å²) in [6, 6.07) is 14.7. The number of ether oxygens (including phenoxy) is 2. The van der Waals surface area contributed by atoms with Crippen molar-refractivity contribution >= 4 is 55.9 Å². The van der Waals surface area contributed by atoms with Gasteiger partial charge in [-0.05, 0) is 61.2 Å². The van der Waals surface area contributed by atoms with Crippen molar-refractivity contribution in [2.45, 2.75) is 48.5 Å². The van der Waals surface area contributed by atoms with E-state index in [9.17, 15) is 18.0 Å². The van der Waals surface area contributed by atoms with E-state index in [1.54, 1.807) is 36.4 Å². The van der Waals surface area contributed by atoms with Gasteiger partial charge in [-0.2, -0.15) is 0 Å². The van der Waals surface area contributed by atoms with E-state index in [1.165, 1.54) is 42.7 Å². The second-order valence-corrected chi connectivity index (χ2v) is 12.6. The van der Waals surface area contributed by atoms with Gasteiger partial charge >= 0.3 is 0 Å². The topological polar surface area (TPSA) is 143 Å². The van der Waals surface area contributed by atoms with Crippen LogP contribution in [0, 0.1) is 6.92 Å². The summed E-state index contributed by atoms with van der Waals surface area (Å²) in [5.74, 6) is 0.549. The average Bonchev–Trinajstić information content (AvgIpc) is 2.96. The zero-order valence-electron chi connectivity index (χ0n) is 23.5. The molecule has 1 aromatic heterocycles. The number of carbonyl (C=O) groups is 1. The molecule has 3 aromatic carbocycles. The number of hydrogen-bond acceptors (Lipinski definition) is 8. The highest BCUT2D eigenvalue weighted by Gasteiger charge is 2.23. The molecule has 0 aliphatic rings. The highest BCUT2D eigenvalue weighted by molar-refractivity contribution is 8.00. The third kappa shape index (κ3) is 7.06. The van der Waals surface area contributed by atoms with Gasteiger partial charge in [0.15, 0.2) is 16.7 Å². The fourth-order valence-corrected chi connectivity index (χ4v) is 5.98. The molecule has 0 aliphatic heterocycles. The van der Waals surface area contributed by atoms with Crippen molar-refractivity contribution in [2.75, 3.05) is 19.5 Å². The molecular weight excluding hydrogens is 600 g/mol. The smallest absolute Gasteiger partial charge is 0.262 e. The number of sulfonamides is 1. The molecule has 1 atom stereocenters. The summed E-state index contributed by atoms with van der Waals surface area (Å²) in [7, 11) is -0.845. The largest absolute Gasteiger partial charge is 0.493 e. The van der Waals surface area contributed by atoms with Crippen molar-refractivity contribution in [1.82, 2.24) is 9.55 Å². The number of hydrogen-bond donors (Lipinski definition) is 2. The minimum absolute atomic E-state index is 0.000241. The quantitative estimate of drug-likeness (QED) is 0.178. The summed E-state index contributed by atoms with van der Waals surface area (Å²) in [6.07, 6.45) is 0.856. The lowest BCUT2D eigenvalue weighted by Crippen LogP contribution is -2.28. The molecule has 4 rings (SSSR count). The van der Waals surface area contributed by atoms with E-state index in [4.69, 9.17) is 31.2 Å². The number of nitrogens with two attached hydrogens (primary N) is 1. The van der Waals surface area contributed by atoms with Crippen molar-refractivity contribution in [3.63, 3.8) is 0 Å². The summed E-state index contributed by atoms with van der Waals surface area (Å²) in [4.78, 5) is 31.9. The lowest BCUT2D eigenvalue weighted by Gasteiger charge is -2.19. The van der Waals surface area contributed by atoms with Gasteiger partial charge in [-0.25, -0.2) is 18.5 Å². The Morgan fingerprint density at radius 1 is 1.10 bits per heavy atom. The number of aromatic nitrogens is 2. The molecule has 0 saturated heterocycles. The highest BCUT2D eigenvalue weighted by Crippen LogP contribution is 2.32. The van der Waals surface area contributed by atoms with E-state index in [0.29, 0.717) is 51.1 Å². The summed E-state index contributed by atoms with van der Waals surface area (Å²) in [5, 5.41) is 8.76. The van der Waals surface area contributed by atoms with E-state index in [-0.39, 0.29) is 22.9 Å². The standard InChI is InChI=1S/C29H31ClN4O6S2/c1-5-26(27(35)32-19-9-6-17(2)22(30)14-19)41-29-33-23-16-25(40-4)24(39-3)15-21(23)28(36)34(29)13-12-18-7-10-20(11-8-18)42(31,37)38/h6-11,14-16,26H,5,12-13H2,1-4H3,(H,32,35)(H2,31,37,38)/t26-/m0/s1. The number of carbonyl (C=O) groups excluding carboxylic acids is 1. The molecule has 222 valence electrons. The molecule has 1 amide bonds. The highest BCUT2D eigenvalue weighted by atomic mass is 35.5. The maximum atomic E-state index is 13.8. The Bertz CT molecular complexity index is 1790. The van der Waals surface area contributed by atoms with Crippen molar-refractivity contribution < 1.29 is 22.7 Å². The summed E-state index contributed by atoms with van der Waals surface area (Å²) in [5.41, 5.74) is 2.34. The third-order valence-corrected chi connectivity index (χ3v) is 9.34. The van der Waals surface area contributed by atoms with Crippen LogP contribution in [0.25, 0.3) is 10.9 Å². The van der Waals surface area contributed by atoms with Gasteiger partial charge in [-0.1, -0.05) is 48.5 Å². The summed E-state index contributed by atoms with van der Waals surface area (Å²) < 4.78 is 35.6. The van der Waals surface area contributed by atoms with E-state index in [2.05, 4.69) is 5.32 Å². The maximum Gasteiger partial charge on any atom is 0.262 e. The number of fused-ring (bicyclic) bond motifs is 1. The van der Waals surface area contributed by atoms with Crippen molar-refractivity contribution in [3.05, 3.63) is 81.1 Å². The van der Waals surface area contributed by atoms with Crippen molar-refractivity contribution in [3.8, 4) is 11.5 Å². The van der Waals surface area contributed by atoms with Gasteiger partial charge in [-0.3, -0.25) is 14.2 Å². The van der Waals surface area contributed by atoms with Gasteiger partial charge in [0.2, 0.25) is 15.9 Å². The Morgan fingerprint density at radius 3 is 2.36 bits per heavy atom. The van der Waals surface area contributed by atoms with Crippen LogP contribution in [-0.4, -0.2) is 43.3 Å². The number of benzene rings is 3. The Labute approximate surface area is 253 Å². The van der Waals surface area contributed by atoms with Gasteiger partial charge in [0.05, 0.1) is 35.3 Å². The Kier molecular flexibility index (Phi) is 9.82. The van der Waals surface area contributed by atoms with Gasteiger partial charge < -0.3 is 14.8 Å². The Hall–Kier alpha value is -3.58.